The van der Waals surface area contributed by atoms with Crippen LogP contribution in [0.1, 0.15) is 80.1 Å². The Balaban J connectivity index is -0.000000218. The molecule has 0 heterocycles. The second kappa shape index (κ2) is 12.2. The van der Waals surface area contributed by atoms with Crippen LogP contribution in [0.15, 0.2) is 0 Å². The van der Waals surface area contributed by atoms with Crippen LogP contribution in [-0.2, 0) is 32.7 Å². The number of rotatable bonds is 6. The van der Waals surface area contributed by atoms with Gasteiger partial charge in [-0.2, -0.15) is 10.8 Å². The van der Waals surface area contributed by atoms with E-state index in [4.69, 9.17) is 0 Å². The average Bonchev–Trinajstić information content (AvgIpc) is 2.10. The van der Waals surface area contributed by atoms with Crippen LogP contribution in [0.25, 0.3) is 0 Å². The fraction of sp³-hybridized carbons (Fsp3) is 0.875. The minimum absolute atomic E-state index is 0. The Kier molecular flexibility index (Phi) is 16.6. The molecular weight excluding hydrogens is 281 g/mol. The first-order valence-corrected chi connectivity index (χ1v) is 6.83. The molecule has 0 nitrogen and oxygen atoms in total. The molecule has 0 unspecified atom stereocenters. The van der Waals surface area contributed by atoms with E-state index < -0.39 is 0 Å². The molecule has 0 aromatic rings. The Bertz CT molecular complexity index is 119. The van der Waals surface area contributed by atoms with Gasteiger partial charge in [0.2, 0.25) is 0 Å². The van der Waals surface area contributed by atoms with E-state index in [1.807, 2.05) is 0 Å². The predicted octanol–water partition coefficient (Wildman–Crippen LogP) is 6.07. The van der Waals surface area contributed by atoms with E-state index in [1.54, 1.807) is 0 Å². The first kappa shape index (κ1) is 23.2. The second-order valence-corrected chi connectivity index (χ2v) is 6.54. The van der Waals surface area contributed by atoms with Crippen LogP contribution < -0.4 is 0 Å². The molecular formula is C16H34Y-2. The Morgan fingerprint density at radius 3 is 1.00 bits per heavy atom. The van der Waals surface area contributed by atoms with Gasteiger partial charge in [-0.1, -0.05) is 80.1 Å². The third-order valence-electron chi connectivity index (χ3n) is 2.41. The molecule has 1 heteroatoms. The summed E-state index contributed by atoms with van der Waals surface area (Å²) in [6.45, 7) is 21.2. The third kappa shape index (κ3) is 31.6. The van der Waals surface area contributed by atoms with Gasteiger partial charge in [0.1, 0.15) is 0 Å². The third-order valence-corrected chi connectivity index (χ3v) is 2.41. The van der Waals surface area contributed by atoms with Crippen LogP contribution in [0.2, 0.25) is 0 Å². The van der Waals surface area contributed by atoms with Gasteiger partial charge in [0.15, 0.2) is 0 Å². The van der Waals surface area contributed by atoms with Crippen LogP contribution in [0.5, 0.6) is 0 Å². The summed E-state index contributed by atoms with van der Waals surface area (Å²) in [5.74, 6) is 0. The van der Waals surface area contributed by atoms with E-state index in [9.17, 15) is 0 Å². The van der Waals surface area contributed by atoms with E-state index in [0.717, 1.165) is 0 Å². The van der Waals surface area contributed by atoms with Crippen molar-refractivity contribution in [1.29, 1.82) is 0 Å². The summed E-state index contributed by atoms with van der Waals surface area (Å²) >= 11 is 0. The molecule has 103 valence electrons. The van der Waals surface area contributed by atoms with Crippen molar-refractivity contribution in [2.24, 2.45) is 10.8 Å². The Morgan fingerprint density at radius 2 is 0.941 bits per heavy atom. The fourth-order valence-electron chi connectivity index (χ4n) is 1.31. The van der Waals surface area contributed by atoms with Gasteiger partial charge in [-0.15, -0.1) is 0 Å². The average molecular weight is 315 g/mol. The molecule has 17 heavy (non-hydrogen) atoms. The molecule has 0 aromatic carbocycles. The summed E-state index contributed by atoms with van der Waals surface area (Å²) in [6, 6.07) is 0. The predicted molar refractivity (Wildman–Crippen MR) is 77.3 cm³/mol. The summed E-state index contributed by atoms with van der Waals surface area (Å²) < 4.78 is 0. The van der Waals surface area contributed by atoms with E-state index in [0.29, 0.717) is 10.8 Å². The van der Waals surface area contributed by atoms with E-state index >= 15 is 0 Å². The van der Waals surface area contributed by atoms with Crippen molar-refractivity contribution in [1.82, 2.24) is 0 Å². The van der Waals surface area contributed by atoms with Crippen molar-refractivity contribution in [3.05, 3.63) is 13.8 Å². The van der Waals surface area contributed by atoms with Gasteiger partial charge < -0.3 is 13.8 Å². The van der Waals surface area contributed by atoms with E-state index in [1.165, 1.54) is 38.5 Å². The maximum atomic E-state index is 4.01. The quantitative estimate of drug-likeness (QED) is 0.522. The van der Waals surface area contributed by atoms with Crippen molar-refractivity contribution in [2.75, 3.05) is 0 Å². The second-order valence-electron chi connectivity index (χ2n) is 6.54. The first-order valence-electron chi connectivity index (χ1n) is 6.83. The summed E-state index contributed by atoms with van der Waals surface area (Å²) in [5, 5.41) is 0. The molecule has 0 saturated heterocycles. The van der Waals surface area contributed by atoms with Crippen molar-refractivity contribution >= 4 is 0 Å². The SMILES string of the molecule is [CH2-]C(C)(C)CCCC.[CH2-]C(C)(C)CCCC.[Y]. The van der Waals surface area contributed by atoms with E-state index in [2.05, 4.69) is 55.4 Å². The molecule has 0 aliphatic rings. The van der Waals surface area contributed by atoms with E-state index in [-0.39, 0.29) is 32.7 Å². The van der Waals surface area contributed by atoms with Crippen molar-refractivity contribution in [3.63, 3.8) is 0 Å². The van der Waals surface area contributed by atoms with Crippen LogP contribution in [0.3, 0.4) is 0 Å². The molecule has 0 rings (SSSR count). The molecule has 0 saturated carbocycles. The molecule has 0 atom stereocenters. The van der Waals surface area contributed by atoms with Crippen LogP contribution >= 0.6 is 0 Å². The fourth-order valence-corrected chi connectivity index (χ4v) is 1.31. The molecule has 1 radical (unpaired) electrons. The zero-order valence-corrected chi connectivity index (χ0v) is 16.1. The summed E-state index contributed by atoms with van der Waals surface area (Å²) in [7, 11) is 0. The van der Waals surface area contributed by atoms with Gasteiger partial charge in [0.25, 0.3) is 0 Å². The standard InChI is InChI=1S/2C8H17.Y/c2*1-5-6-7-8(2,3)4;/h2*2,5-7H2,1,3-4H3;/q2*-1;. The summed E-state index contributed by atoms with van der Waals surface area (Å²) in [4.78, 5) is 0. The monoisotopic (exact) mass is 315 g/mol. The number of hydrogen-bond acceptors (Lipinski definition) is 0. The van der Waals surface area contributed by atoms with Crippen LogP contribution in [0, 0.1) is 24.7 Å². The van der Waals surface area contributed by atoms with Gasteiger partial charge >= 0.3 is 0 Å². The molecule has 0 fully saturated rings. The summed E-state index contributed by atoms with van der Waals surface area (Å²) in [5.41, 5.74) is 0.603. The largest absolute Gasteiger partial charge is 0.338 e. The first-order chi connectivity index (χ1) is 7.12. The van der Waals surface area contributed by atoms with Gasteiger partial charge in [0.05, 0.1) is 0 Å². The zero-order valence-electron chi connectivity index (χ0n) is 13.2. The van der Waals surface area contributed by atoms with Gasteiger partial charge in [-0.25, -0.2) is 0 Å². The van der Waals surface area contributed by atoms with Crippen molar-refractivity contribution < 1.29 is 32.7 Å². The molecule has 0 aliphatic carbocycles. The number of hydrogen-bond donors (Lipinski definition) is 0. The minimum Gasteiger partial charge on any atom is -0.338 e. The van der Waals surface area contributed by atoms with Gasteiger partial charge in [0, 0.05) is 32.7 Å². The molecule has 0 amide bonds. The maximum Gasteiger partial charge on any atom is 0 e. The Hall–Kier alpha value is 1.10. The molecule has 0 bridgehead atoms. The minimum atomic E-state index is 0. The zero-order chi connectivity index (χ0) is 13.2. The number of unbranched alkanes of at least 4 members (excludes halogenated alkanes) is 2. The Labute approximate surface area is 137 Å². The normalized spacial score (nSPS) is 11.3. The Morgan fingerprint density at radius 1 is 0.706 bits per heavy atom. The van der Waals surface area contributed by atoms with Gasteiger partial charge in [-0.3, -0.25) is 0 Å². The maximum absolute atomic E-state index is 4.01. The topological polar surface area (TPSA) is 0 Å². The molecule has 0 spiro atoms. The summed E-state index contributed by atoms with van der Waals surface area (Å²) in [6.07, 6.45) is 7.72. The van der Waals surface area contributed by atoms with Crippen LogP contribution in [-0.4, -0.2) is 0 Å². The smallest absolute Gasteiger partial charge is 0 e. The van der Waals surface area contributed by atoms with Crippen LogP contribution in [0.4, 0.5) is 0 Å². The van der Waals surface area contributed by atoms with Crippen molar-refractivity contribution in [2.45, 2.75) is 80.1 Å². The van der Waals surface area contributed by atoms with Gasteiger partial charge in [-0.05, 0) is 0 Å². The molecule has 0 aliphatic heterocycles. The van der Waals surface area contributed by atoms with Crippen molar-refractivity contribution in [3.8, 4) is 0 Å². The molecule has 0 aromatic heterocycles. The molecule has 0 N–H and O–H groups in total.